The number of nitrogens with zero attached hydrogens (tertiary/aromatic N) is 1. The van der Waals surface area contributed by atoms with E-state index in [0.29, 0.717) is 0 Å². The van der Waals surface area contributed by atoms with Gasteiger partial charge in [-0.25, -0.2) is 0 Å². The SMILES string of the molecule is SCCN1CCNCCNCC1(CCS)CCS. The van der Waals surface area contributed by atoms with Gasteiger partial charge in [0.25, 0.3) is 0 Å². The molecule has 0 aromatic carbocycles. The van der Waals surface area contributed by atoms with E-state index < -0.39 is 0 Å². The summed E-state index contributed by atoms with van der Waals surface area (Å²) in [6.07, 6.45) is 2.22. The molecule has 0 bridgehead atoms. The summed E-state index contributed by atoms with van der Waals surface area (Å²) in [7, 11) is 0. The third-order valence-corrected chi connectivity index (χ3v) is 4.33. The zero-order chi connectivity index (χ0) is 13.3. The number of rotatable bonds is 6. The molecule has 18 heavy (non-hydrogen) atoms. The Bertz CT molecular complexity index is 211. The first-order chi connectivity index (χ1) is 8.79. The Morgan fingerprint density at radius 1 is 0.889 bits per heavy atom. The van der Waals surface area contributed by atoms with Crippen molar-refractivity contribution in [2.75, 3.05) is 56.5 Å². The molecule has 0 spiro atoms. The van der Waals surface area contributed by atoms with Crippen molar-refractivity contribution in [3.05, 3.63) is 0 Å². The monoisotopic (exact) mass is 309 g/mol. The van der Waals surface area contributed by atoms with Crippen LogP contribution in [0.2, 0.25) is 0 Å². The van der Waals surface area contributed by atoms with Crippen molar-refractivity contribution in [3.8, 4) is 0 Å². The molecule has 0 unspecified atom stereocenters. The van der Waals surface area contributed by atoms with Crippen LogP contribution in [0.3, 0.4) is 0 Å². The second-order valence-electron chi connectivity index (χ2n) is 4.81. The summed E-state index contributed by atoms with van der Waals surface area (Å²) < 4.78 is 0. The molecule has 108 valence electrons. The van der Waals surface area contributed by atoms with Gasteiger partial charge in [-0.2, -0.15) is 37.9 Å². The van der Waals surface area contributed by atoms with E-state index in [1.54, 1.807) is 0 Å². The third-order valence-electron chi connectivity index (χ3n) is 3.69. The minimum atomic E-state index is 0.193. The van der Waals surface area contributed by atoms with Crippen molar-refractivity contribution in [3.63, 3.8) is 0 Å². The van der Waals surface area contributed by atoms with E-state index in [-0.39, 0.29) is 5.54 Å². The van der Waals surface area contributed by atoms with Crippen LogP contribution in [0.1, 0.15) is 12.8 Å². The van der Waals surface area contributed by atoms with Crippen LogP contribution in [0.25, 0.3) is 0 Å². The lowest BCUT2D eigenvalue weighted by Crippen LogP contribution is -2.56. The van der Waals surface area contributed by atoms with Crippen LogP contribution in [0.15, 0.2) is 0 Å². The third kappa shape index (κ3) is 5.13. The molecular formula is C12H27N3S3. The van der Waals surface area contributed by atoms with Crippen LogP contribution < -0.4 is 10.6 Å². The van der Waals surface area contributed by atoms with Crippen LogP contribution in [-0.4, -0.2) is 67.0 Å². The normalized spacial score (nSPS) is 22.2. The molecule has 0 aromatic heterocycles. The number of hydrogen-bond acceptors (Lipinski definition) is 6. The van der Waals surface area contributed by atoms with Gasteiger partial charge in [-0.05, 0) is 24.3 Å². The molecule has 1 heterocycles. The minimum absolute atomic E-state index is 0.193. The minimum Gasteiger partial charge on any atom is -0.314 e. The smallest absolute Gasteiger partial charge is 0.0350 e. The van der Waals surface area contributed by atoms with Gasteiger partial charge in [-0.3, -0.25) is 4.90 Å². The van der Waals surface area contributed by atoms with Gasteiger partial charge in [0.1, 0.15) is 0 Å². The van der Waals surface area contributed by atoms with E-state index >= 15 is 0 Å². The molecule has 0 saturated carbocycles. The molecule has 0 aliphatic carbocycles. The predicted octanol–water partition coefficient (Wildman–Crippen LogP) is 0.790. The van der Waals surface area contributed by atoms with Crippen molar-refractivity contribution in [2.24, 2.45) is 0 Å². The van der Waals surface area contributed by atoms with E-state index in [4.69, 9.17) is 0 Å². The van der Waals surface area contributed by atoms with E-state index in [0.717, 1.165) is 69.4 Å². The zero-order valence-electron chi connectivity index (χ0n) is 11.1. The van der Waals surface area contributed by atoms with Gasteiger partial charge in [0.05, 0.1) is 0 Å². The Balaban J connectivity index is 2.82. The van der Waals surface area contributed by atoms with E-state index in [2.05, 4.69) is 53.4 Å². The Labute approximate surface area is 128 Å². The number of thiol groups is 3. The van der Waals surface area contributed by atoms with Crippen LogP contribution in [0.5, 0.6) is 0 Å². The summed E-state index contributed by atoms with van der Waals surface area (Å²) in [6, 6.07) is 0. The van der Waals surface area contributed by atoms with Gasteiger partial charge < -0.3 is 10.6 Å². The second kappa shape index (κ2) is 9.77. The molecule has 1 aliphatic heterocycles. The highest BCUT2D eigenvalue weighted by molar-refractivity contribution is 7.80. The van der Waals surface area contributed by atoms with E-state index in [1.165, 1.54) is 0 Å². The summed E-state index contributed by atoms with van der Waals surface area (Å²) in [6.45, 7) is 6.29. The largest absolute Gasteiger partial charge is 0.314 e. The summed E-state index contributed by atoms with van der Waals surface area (Å²) >= 11 is 13.3. The molecule has 0 aromatic rings. The van der Waals surface area contributed by atoms with E-state index in [9.17, 15) is 0 Å². The average Bonchev–Trinajstić information content (AvgIpc) is 2.44. The standard InChI is InChI=1S/C12H27N3S3/c16-8-1-12(2-9-17)11-14-4-3-13-5-6-15(12)7-10-18/h13-14,16-18H,1-11H2. The summed E-state index contributed by atoms with van der Waals surface area (Å²) in [4.78, 5) is 2.58. The molecule has 1 saturated heterocycles. The maximum absolute atomic E-state index is 4.46. The van der Waals surface area contributed by atoms with Crippen molar-refractivity contribution in [2.45, 2.75) is 18.4 Å². The van der Waals surface area contributed by atoms with Gasteiger partial charge in [0, 0.05) is 50.6 Å². The fourth-order valence-electron chi connectivity index (χ4n) is 2.69. The molecule has 0 atom stereocenters. The summed E-state index contributed by atoms with van der Waals surface area (Å²) in [5.74, 6) is 2.75. The zero-order valence-corrected chi connectivity index (χ0v) is 13.8. The first-order valence-corrected chi connectivity index (χ1v) is 8.68. The number of hydrogen-bond donors (Lipinski definition) is 5. The van der Waals surface area contributed by atoms with Crippen LogP contribution >= 0.6 is 37.9 Å². The maximum Gasteiger partial charge on any atom is 0.0350 e. The lowest BCUT2D eigenvalue weighted by atomic mass is 9.90. The van der Waals surface area contributed by atoms with Gasteiger partial charge in [0.15, 0.2) is 0 Å². The molecule has 2 N–H and O–H groups in total. The van der Waals surface area contributed by atoms with Crippen molar-refractivity contribution in [1.82, 2.24) is 15.5 Å². The Kier molecular flexibility index (Phi) is 9.22. The second-order valence-corrected chi connectivity index (χ2v) is 6.15. The highest BCUT2D eigenvalue weighted by atomic mass is 32.1. The number of nitrogens with one attached hydrogen (secondary N) is 2. The fourth-order valence-corrected chi connectivity index (χ4v) is 3.76. The topological polar surface area (TPSA) is 27.3 Å². The molecule has 3 nitrogen and oxygen atoms in total. The van der Waals surface area contributed by atoms with Gasteiger partial charge in [-0.15, -0.1) is 0 Å². The molecule has 1 rings (SSSR count). The molecule has 0 amide bonds. The first-order valence-electron chi connectivity index (χ1n) is 6.78. The molecular weight excluding hydrogens is 282 g/mol. The van der Waals surface area contributed by atoms with Crippen molar-refractivity contribution < 1.29 is 0 Å². The average molecular weight is 310 g/mol. The predicted molar refractivity (Wildman–Crippen MR) is 90.8 cm³/mol. The first kappa shape index (κ1) is 17.0. The quantitative estimate of drug-likeness (QED) is 0.470. The lowest BCUT2D eigenvalue weighted by molar-refractivity contribution is 0.0908. The summed E-state index contributed by atoms with van der Waals surface area (Å²) in [5.41, 5.74) is 0.193. The van der Waals surface area contributed by atoms with Crippen molar-refractivity contribution >= 4 is 37.9 Å². The Morgan fingerprint density at radius 2 is 1.56 bits per heavy atom. The van der Waals surface area contributed by atoms with Crippen LogP contribution in [-0.2, 0) is 0 Å². The van der Waals surface area contributed by atoms with E-state index in [1.807, 2.05) is 0 Å². The fraction of sp³-hybridized carbons (Fsp3) is 1.00. The van der Waals surface area contributed by atoms with Crippen LogP contribution in [0.4, 0.5) is 0 Å². The van der Waals surface area contributed by atoms with Crippen LogP contribution in [0, 0.1) is 0 Å². The molecule has 1 aliphatic rings. The Hall–Kier alpha value is 0.930. The van der Waals surface area contributed by atoms with Gasteiger partial charge in [0.2, 0.25) is 0 Å². The lowest BCUT2D eigenvalue weighted by Gasteiger charge is -2.44. The molecule has 0 radical (unpaired) electrons. The maximum atomic E-state index is 4.46. The highest BCUT2D eigenvalue weighted by Gasteiger charge is 2.34. The van der Waals surface area contributed by atoms with Gasteiger partial charge >= 0.3 is 0 Å². The van der Waals surface area contributed by atoms with Crippen molar-refractivity contribution in [1.29, 1.82) is 0 Å². The summed E-state index contributed by atoms with van der Waals surface area (Å²) in [5, 5.41) is 7.05. The Morgan fingerprint density at radius 3 is 2.17 bits per heavy atom. The van der Waals surface area contributed by atoms with Gasteiger partial charge in [-0.1, -0.05) is 0 Å². The molecule has 6 heteroatoms. The highest BCUT2D eigenvalue weighted by Crippen LogP contribution is 2.25. The molecule has 1 fully saturated rings.